The van der Waals surface area contributed by atoms with Gasteiger partial charge in [0.1, 0.15) is 0 Å². The Labute approximate surface area is 106 Å². The van der Waals surface area contributed by atoms with E-state index in [0.717, 1.165) is 18.6 Å². The molecule has 84 valence electrons. The fraction of sp³-hybridized carbons (Fsp3) is 0.667. The van der Waals surface area contributed by atoms with Crippen molar-refractivity contribution in [3.05, 3.63) is 24.5 Å². The molecule has 0 bridgehead atoms. The lowest BCUT2D eigenvalue weighted by molar-refractivity contribution is 0.117. The van der Waals surface area contributed by atoms with Gasteiger partial charge in [-0.05, 0) is 32.8 Å². The van der Waals surface area contributed by atoms with Crippen molar-refractivity contribution in [2.75, 3.05) is 0 Å². The molecule has 0 aromatic heterocycles. The standard InChI is InChI=1S/C12H22O.HI/c1-6-9-12(13-10(4)5)11(7-2)8-3;/h6,9-11H,1,7-8H2,2-5H3;1H/b12-9+;. The van der Waals surface area contributed by atoms with E-state index >= 15 is 0 Å². The van der Waals surface area contributed by atoms with Crippen molar-refractivity contribution in [1.82, 2.24) is 0 Å². The summed E-state index contributed by atoms with van der Waals surface area (Å²) < 4.78 is 5.72. The maximum Gasteiger partial charge on any atom is 0.0994 e. The zero-order valence-corrected chi connectivity index (χ0v) is 12.1. The molecule has 0 spiro atoms. The van der Waals surface area contributed by atoms with E-state index in [1.165, 1.54) is 0 Å². The molecular weight excluding hydrogens is 287 g/mol. The first kappa shape index (κ1) is 16.4. The summed E-state index contributed by atoms with van der Waals surface area (Å²) in [4.78, 5) is 0. The summed E-state index contributed by atoms with van der Waals surface area (Å²) >= 11 is 0. The molecule has 0 radical (unpaired) electrons. The van der Waals surface area contributed by atoms with Crippen LogP contribution in [0.1, 0.15) is 40.5 Å². The van der Waals surface area contributed by atoms with Crippen LogP contribution in [0.2, 0.25) is 0 Å². The minimum atomic E-state index is 0. The molecule has 0 amide bonds. The van der Waals surface area contributed by atoms with Crippen LogP contribution in [-0.2, 0) is 4.74 Å². The summed E-state index contributed by atoms with van der Waals surface area (Å²) in [6.45, 7) is 12.2. The Kier molecular flexibility index (Phi) is 11.2. The van der Waals surface area contributed by atoms with E-state index in [9.17, 15) is 0 Å². The first-order valence-electron chi connectivity index (χ1n) is 5.14. The third-order valence-electron chi connectivity index (χ3n) is 2.04. The maximum absolute atomic E-state index is 5.72. The van der Waals surface area contributed by atoms with Crippen LogP contribution in [-0.4, -0.2) is 6.10 Å². The molecule has 0 saturated carbocycles. The van der Waals surface area contributed by atoms with Crippen LogP contribution in [0.5, 0.6) is 0 Å². The highest BCUT2D eigenvalue weighted by Crippen LogP contribution is 2.21. The maximum atomic E-state index is 5.72. The summed E-state index contributed by atoms with van der Waals surface area (Å²) in [5, 5.41) is 0. The minimum absolute atomic E-state index is 0. The number of allylic oxidation sites excluding steroid dienone is 3. The second-order valence-corrected chi connectivity index (χ2v) is 3.48. The molecule has 0 aliphatic carbocycles. The van der Waals surface area contributed by atoms with E-state index < -0.39 is 0 Å². The number of halogens is 1. The molecule has 0 aromatic carbocycles. The van der Waals surface area contributed by atoms with Crippen molar-refractivity contribution >= 4 is 24.0 Å². The smallest absolute Gasteiger partial charge is 0.0994 e. The Bertz CT molecular complexity index is 169. The van der Waals surface area contributed by atoms with E-state index in [1.807, 2.05) is 6.08 Å². The van der Waals surface area contributed by atoms with Crippen LogP contribution < -0.4 is 0 Å². The Morgan fingerprint density at radius 2 is 1.79 bits per heavy atom. The van der Waals surface area contributed by atoms with Gasteiger partial charge in [-0.2, -0.15) is 0 Å². The summed E-state index contributed by atoms with van der Waals surface area (Å²) in [7, 11) is 0. The van der Waals surface area contributed by atoms with Gasteiger partial charge in [-0.25, -0.2) is 0 Å². The molecule has 14 heavy (non-hydrogen) atoms. The molecule has 0 unspecified atom stereocenters. The molecule has 0 atom stereocenters. The highest BCUT2D eigenvalue weighted by atomic mass is 127. The Morgan fingerprint density at radius 3 is 2.07 bits per heavy atom. The van der Waals surface area contributed by atoms with Gasteiger partial charge >= 0.3 is 0 Å². The molecule has 0 saturated heterocycles. The summed E-state index contributed by atoms with van der Waals surface area (Å²) in [6.07, 6.45) is 6.30. The largest absolute Gasteiger partial charge is 0.495 e. The quantitative estimate of drug-likeness (QED) is 0.398. The number of ether oxygens (including phenoxy) is 1. The fourth-order valence-electron chi connectivity index (χ4n) is 1.35. The molecule has 0 aliphatic rings. The molecule has 0 heterocycles. The lowest BCUT2D eigenvalue weighted by atomic mass is 10.0. The molecule has 0 aromatic rings. The first-order valence-corrected chi connectivity index (χ1v) is 5.14. The lowest BCUT2D eigenvalue weighted by Gasteiger charge is -2.20. The van der Waals surface area contributed by atoms with Crippen molar-refractivity contribution in [2.45, 2.75) is 46.6 Å². The van der Waals surface area contributed by atoms with Crippen LogP contribution in [0, 0.1) is 5.92 Å². The number of rotatable bonds is 6. The van der Waals surface area contributed by atoms with Crippen molar-refractivity contribution in [1.29, 1.82) is 0 Å². The van der Waals surface area contributed by atoms with Crippen LogP contribution in [0.3, 0.4) is 0 Å². The van der Waals surface area contributed by atoms with E-state index in [-0.39, 0.29) is 30.1 Å². The third-order valence-corrected chi connectivity index (χ3v) is 2.04. The van der Waals surface area contributed by atoms with Gasteiger partial charge < -0.3 is 4.74 Å². The summed E-state index contributed by atoms with van der Waals surface area (Å²) in [6, 6.07) is 0. The fourth-order valence-corrected chi connectivity index (χ4v) is 1.35. The van der Waals surface area contributed by atoms with Crippen LogP contribution in [0.15, 0.2) is 24.5 Å². The molecule has 0 N–H and O–H groups in total. The average Bonchev–Trinajstić information content (AvgIpc) is 2.05. The minimum Gasteiger partial charge on any atom is -0.495 e. The SMILES string of the molecule is C=C/C=C(/OC(C)C)C(CC)CC.I. The van der Waals surface area contributed by atoms with E-state index in [1.54, 1.807) is 6.08 Å². The zero-order valence-electron chi connectivity index (χ0n) is 9.75. The molecule has 0 aliphatic heterocycles. The second-order valence-electron chi connectivity index (χ2n) is 3.48. The van der Waals surface area contributed by atoms with Gasteiger partial charge in [0.2, 0.25) is 0 Å². The first-order chi connectivity index (χ1) is 6.15. The van der Waals surface area contributed by atoms with E-state index in [4.69, 9.17) is 4.74 Å². The molecule has 1 nitrogen and oxygen atoms in total. The molecular formula is C12H23IO. The number of hydrogen-bond acceptors (Lipinski definition) is 1. The zero-order chi connectivity index (χ0) is 10.3. The predicted molar refractivity (Wildman–Crippen MR) is 74.0 cm³/mol. The van der Waals surface area contributed by atoms with Gasteiger partial charge in [0.05, 0.1) is 11.9 Å². The van der Waals surface area contributed by atoms with Crippen LogP contribution >= 0.6 is 24.0 Å². The van der Waals surface area contributed by atoms with E-state index in [2.05, 4.69) is 34.3 Å². The Morgan fingerprint density at radius 1 is 1.29 bits per heavy atom. The van der Waals surface area contributed by atoms with Gasteiger partial charge in [-0.1, -0.05) is 26.5 Å². The predicted octanol–water partition coefficient (Wildman–Crippen LogP) is 4.54. The van der Waals surface area contributed by atoms with Crippen molar-refractivity contribution in [3.8, 4) is 0 Å². The van der Waals surface area contributed by atoms with E-state index in [0.29, 0.717) is 5.92 Å². The van der Waals surface area contributed by atoms with Gasteiger partial charge in [0, 0.05) is 5.92 Å². The van der Waals surface area contributed by atoms with Gasteiger partial charge in [0.15, 0.2) is 0 Å². The van der Waals surface area contributed by atoms with Gasteiger partial charge in [-0.3, -0.25) is 0 Å². The number of hydrogen-bond donors (Lipinski definition) is 0. The highest BCUT2D eigenvalue weighted by molar-refractivity contribution is 14.0. The topological polar surface area (TPSA) is 9.23 Å². The normalized spacial score (nSPS) is 11.4. The monoisotopic (exact) mass is 310 g/mol. The average molecular weight is 310 g/mol. The Hall–Kier alpha value is 0.0100. The van der Waals surface area contributed by atoms with Gasteiger partial charge in [-0.15, -0.1) is 24.0 Å². The van der Waals surface area contributed by atoms with Crippen molar-refractivity contribution in [3.63, 3.8) is 0 Å². The van der Waals surface area contributed by atoms with Gasteiger partial charge in [0.25, 0.3) is 0 Å². The van der Waals surface area contributed by atoms with Crippen molar-refractivity contribution in [2.24, 2.45) is 5.92 Å². The third kappa shape index (κ3) is 6.46. The molecule has 0 fully saturated rings. The Balaban J connectivity index is 0. The second kappa shape index (κ2) is 9.56. The molecule has 2 heteroatoms. The summed E-state index contributed by atoms with van der Waals surface area (Å²) in [5.41, 5.74) is 0. The van der Waals surface area contributed by atoms with Crippen LogP contribution in [0.25, 0.3) is 0 Å². The highest BCUT2D eigenvalue weighted by Gasteiger charge is 2.11. The molecule has 0 rings (SSSR count). The van der Waals surface area contributed by atoms with Crippen molar-refractivity contribution < 1.29 is 4.74 Å². The van der Waals surface area contributed by atoms with Crippen LogP contribution in [0.4, 0.5) is 0 Å². The lowest BCUT2D eigenvalue weighted by Crippen LogP contribution is -2.10. The summed E-state index contributed by atoms with van der Waals surface area (Å²) in [5.74, 6) is 1.62.